The summed E-state index contributed by atoms with van der Waals surface area (Å²) in [5.74, 6) is -0.161. The van der Waals surface area contributed by atoms with Gasteiger partial charge in [-0.2, -0.15) is 5.26 Å². The molecule has 0 saturated heterocycles. The third kappa shape index (κ3) is 2.70. The monoisotopic (exact) mass is 187 g/mol. The molecule has 0 aliphatic carbocycles. The second-order valence-electron chi connectivity index (χ2n) is 3.53. The summed E-state index contributed by atoms with van der Waals surface area (Å²) in [5.41, 5.74) is 1.77. The minimum atomic E-state index is -0.206. The molecule has 0 bridgehead atoms. The van der Waals surface area contributed by atoms with Gasteiger partial charge in [-0.05, 0) is 19.9 Å². The Balaban J connectivity index is 2.76. The number of ketones is 1. The first kappa shape index (κ1) is 10.5. The second kappa shape index (κ2) is 4.57. The van der Waals surface area contributed by atoms with E-state index in [9.17, 15) is 4.79 Å². The van der Waals surface area contributed by atoms with Crippen molar-refractivity contribution in [2.24, 2.45) is 5.92 Å². The Morgan fingerprint density at radius 1 is 1.57 bits per heavy atom. The van der Waals surface area contributed by atoms with E-state index < -0.39 is 0 Å². The molecule has 2 nitrogen and oxygen atoms in total. The van der Waals surface area contributed by atoms with Gasteiger partial charge in [-0.1, -0.05) is 23.8 Å². The summed E-state index contributed by atoms with van der Waals surface area (Å²) in [4.78, 5) is 11.6. The molecular formula is C12H13NO. The lowest BCUT2D eigenvalue weighted by atomic mass is 10.00. The lowest BCUT2D eigenvalue weighted by molar-refractivity contribution is 0.0972. The fraction of sp³-hybridized carbons (Fsp3) is 0.333. The molecule has 14 heavy (non-hydrogen) atoms. The van der Waals surface area contributed by atoms with E-state index in [1.54, 1.807) is 13.0 Å². The molecule has 72 valence electrons. The van der Waals surface area contributed by atoms with Crippen molar-refractivity contribution in [2.75, 3.05) is 0 Å². The van der Waals surface area contributed by atoms with Gasteiger partial charge in [0, 0.05) is 12.0 Å². The van der Waals surface area contributed by atoms with E-state index in [0.29, 0.717) is 12.0 Å². The summed E-state index contributed by atoms with van der Waals surface area (Å²) >= 11 is 0. The Labute approximate surface area is 84.2 Å². The lowest BCUT2D eigenvalue weighted by Crippen LogP contribution is -2.04. The maximum atomic E-state index is 11.6. The van der Waals surface area contributed by atoms with E-state index in [2.05, 4.69) is 6.07 Å². The molecule has 0 unspecified atom stereocenters. The number of benzene rings is 1. The van der Waals surface area contributed by atoms with Crippen molar-refractivity contribution in [3.05, 3.63) is 35.4 Å². The molecule has 1 rings (SSSR count). The van der Waals surface area contributed by atoms with Crippen LogP contribution in [0.5, 0.6) is 0 Å². The number of aryl methyl sites for hydroxylation is 1. The molecule has 1 atom stereocenters. The molecule has 0 N–H and O–H groups in total. The van der Waals surface area contributed by atoms with Crippen molar-refractivity contribution in [3.8, 4) is 6.07 Å². The molecule has 0 saturated carbocycles. The zero-order valence-electron chi connectivity index (χ0n) is 8.45. The fourth-order valence-electron chi connectivity index (χ4n) is 1.26. The molecule has 0 fully saturated rings. The summed E-state index contributed by atoms with van der Waals surface area (Å²) in [6, 6.07) is 9.51. The quantitative estimate of drug-likeness (QED) is 0.682. The normalized spacial score (nSPS) is 11.8. The number of hydrogen-bond acceptors (Lipinski definition) is 2. The van der Waals surface area contributed by atoms with Crippen LogP contribution in [0.1, 0.15) is 29.3 Å². The van der Waals surface area contributed by atoms with Crippen molar-refractivity contribution in [3.63, 3.8) is 0 Å². The molecule has 0 spiro atoms. The van der Waals surface area contributed by atoms with Crippen molar-refractivity contribution in [2.45, 2.75) is 20.3 Å². The van der Waals surface area contributed by atoms with E-state index in [0.717, 1.165) is 5.56 Å². The SMILES string of the molecule is Cc1cccc(C(=O)C[C@H](C)C#N)c1. The van der Waals surface area contributed by atoms with E-state index in [1.807, 2.05) is 25.1 Å². The van der Waals surface area contributed by atoms with Gasteiger partial charge in [0.15, 0.2) is 5.78 Å². The zero-order valence-corrected chi connectivity index (χ0v) is 8.45. The van der Waals surface area contributed by atoms with Gasteiger partial charge in [-0.3, -0.25) is 4.79 Å². The minimum absolute atomic E-state index is 0.0442. The highest BCUT2D eigenvalue weighted by Gasteiger charge is 2.10. The van der Waals surface area contributed by atoms with Crippen molar-refractivity contribution in [1.82, 2.24) is 0 Å². The predicted molar refractivity (Wildman–Crippen MR) is 54.9 cm³/mol. The third-order valence-corrected chi connectivity index (χ3v) is 2.05. The smallest absolute Gasteiger partial charge is 0.164 e. The van der Waals surface area contributed by atoms with Crippen molar-refractivity contribution >= 4 is 5.78 Å². The zero-order chi connectivity index (χ0) is 10.6. The largest absolute Gasteiger partial charge is 0.294 e. The van der Waals surface area contributed by atoms with Gasteiger partial charge in [-0.15, -0.1) is 0 Å². The number of nitriles is 1. The molecular weight excluding hydrogens is 174 g/mol. The highest BCUT2D eigenvalue weighted by atomic mass is 16.1. The van der Waals surface area contributed by atoms with Crippen LogP contribution in [0, 0.1) is 24.2 Å². The average molecular weight is 187 g/mol. The maximum Gasteiger partial charge on any atom is 0.164 e. The average Bonchev–Trinajstić information content (AvgIpc) is 2.17. The van der Waals surface area contributed by atoms with E-state index in [4.69, 9.17) is 5.26 Å². The van der Waals surface area contributed by atoms with E-state index >= 15 is 0 Å². The summed E-state index contributed by atoms with van der Waals surface area (Å²) in [7, 11) is 0. The van der Waals surface area contributed by atoms with Crippen LogP contribution in [-0.4, -0.2) is 5.78 Å². The van der Waals surface area contributed by atoms with Gasteiger partial charge in [0.2, 0.25) is 0 Å². The Morgan fingerprint density at radius 2 is 2.29 bits per heavy atom. The standard InChI is InChI=1S/C12H13NO/c1-9-4-3-5-11(6-9)12(14)7-10(2)8-13/h3-6,10H,7H2,1-2H3/t10-/m0/s1. The number of carbonyl (C=O) groups is 1. The summed E-state index contributed by atoms with van der Waals surface area (Å²) < 4.78 is 0. The van der Waals surface area contributed by atoms with E-state index in [-0.39, 0.29) is 11.7 Å². The highest BCUT2D eigenvalue weighted by Crippen LogP contribution is 2.10. The molecule has 0 amide bonds. The number of nitrogens with zero attached hydrogens (tertiary/aromatic N) is 1. The molecule has 0 radical (unpaired) electrons. The first-order valence-corrected chi connectivity index (χ1v) is 4.63. The Bertz CT molecular complexity index is 376. The van der Waals surface area contributed by atoms with Crippen LogP contribution in [0.15, 0.2) is 24.3 Å². The molecule has 1 aromatic rings. The number of rotatable bonds is 3. The van der Waals surface area contributed by atoms with Gasteiger partial charge in [0.05, 0.1) is 12.0 Å². The third-order valence-electron chi connectivity index (χ3n) is 2.05. The number of hydrogen-bond donors (Lipinski definition) is 0. The molecule has 0 aliphatic rings. The van der Waals surface area contributed by atoms with Gasteiger partial charge in [0.1, 0.15) is 0 Å². The van der Waals surface area contributed by atoms with E-state index in [1.165, 1.54) is 0 Å². The Morgan fingerprint density at radius 3 is 2.86 bits per heavy atom. The summed E-state index contributed by atoms with van der Waals surface area (Å²) in [5, 5.41) is 8.58. The summed E-state index contributed by atoms with van der Waals surface area (Å²) in [6.07, 6.45) is 0.306. The molecule has 1 aromatic carbocycles. The van der Waals surface area contributed by atoms with Crippen LogP contribution in [-0.2, 0) is 0 Å². The number of Topliss-reactive ketones (excluding diaryl/α,β-unsaturated/α-hetero) is 1. The first-order valence-electron chi connectivity index (χ1n) is 4.63. The molecule has 2 heteroatoms. The predicted octanol–water partition coefficient (Wildman–Crippen LogP) is 2.73. The van der Waals surface area contributed by atoms with Crippen LogP contribution < -0.4 is 0 Å². The van der Waals surface area contributed by atoms with Crippen LogP contribution in [0.25, 0.3) is 0 Å². The highest BCUT2D eigenvalue weighted by molar-refractivity contribution is 5.96. The minimum Gasteiger partial charge on any atom is -0.294 e. The second-order valence-corrected chi connectivity index (χ2v) is 3.53. The van der Waals surface area contributed by atoms with Crippen LogP contribution >= 0.6 is 0 Å². The topological polar surface area (TPSA) is 40.9 Å². The van der Waals surface area contributed by atoms with Gasteiger partial charge < -0.3 is 0 Å². The van der Waals surface area contributed by atoms with Crippen LogP contribution in [0.3, 0.4) is 0 Å². The maximum absolute atomic E-state index is 11.6. The van der Waals surface area contributed by atoms with Crippen molar-refractivity contribution < 1.29 is 4.79 Å². The van der Waals surface area contributed by atoms with Crippen molar-refractivity contribution in [1.29, 1.82) is 5.26 Å². The fourth-order valence-corrected chi connectivity index (χ4v) is 1.26. The molecule has 0 aliphatic heterocycles. The lowest BCUT2D eigenvalue weighted by Gasteiger charge is -2.02. The van der Waals surface area contributed by atoms with Gasteiger partial charge >= 0.3 is 0 Å². The Hall–Kier alpha value is -1.62. The molecule has 0 heterocycles. The first-order chi connectivity index (χ1) is 6.63. The Kier molecular flexibility index (Phi) is 3.41. The number of carbonyl (C=O) groups excluding carboxylic acids is 1. The summed E-state index contributed by atoms with van der Waals surface area (Å²) in [6.45, 7) is 3.71. The van der Waals surface area contributed by atoms with Gasteiger partial charge in [-0.25, -0.2) is 0 Å². The van der Waals surface area contributed by atoms with Gasteiger partial charge in [0.25, 0.3) is 0 Å². The van der Waals surface area contributed by atoms with Crippen LogP contribution in [0.2, 0.25) is 0 Å². The molecule has 0 aromatic heterocycles. The van der Waals surface area contributed by atoms with Crippen LogP contribution in [0.4, 0.5) is 0 Å².